The Morgan fingerprint density at radius 2 is 2.18 bits per heavy atom. The molecule has 11 heavy (non-hydrogen) atoms. The lowest BCUT2D eigenvalue weighted by molar-refractivity contribution is 0.0314. The number of halogens is 2. The quantitative estimate of drug-likeness (QED) is 0.345. The highest BCUT2D eigenvalue weighted by atomic mass is 19.3. The molecule has 68 valence electrons. The van der Waals surface area contributed by atoms with Crippen LogP contribution in [0.15, 0.2) is 0 Å². The zero-order valence-corrected chi connectivity index (χ0v) is 6.52. The summed E-state index contributed by atoms with van der Waals surface area (Å²) in [7, 11) is 0. The first-order valence-corrected chi connectivity index (χ1v) is 3.54. The number of hydrogen-bond acceptors (Lipinski definition) is 3. The molecule has 0 fully saturated rings. The molecule has 0 aliphatic rings. The molecule has 3 N–H and O–H groups in total. The van der Waals surface area contributed by atoms with Crippen molar-refractivity contribution >= 4 is 0 Å². The average molecular weight is 168 g/mol. The van der Waals surface area contributed by atoms with Gasteiger partial charge in [-0.25, -0.2) is 14.2 Å². The summed E-state index contributed by atoms with van der Waals surface area (Å²) in [5.41, 5.74) is 1.99. The monoisotopic (exact) mass is 168 g/mol. The molecular weight excluding hydrogens is 154 g/mol. The maximum absolute atomic E-state index is 11.9. The summed E-state index contributed by atoms with van der Waals surface area (Å²) >= 11 is 0. The van der Waals surface area contributed by atoms with E-state index in [0.29, 0.717) is 6.61 Å². The van der Waals surface area contributed by atoms with E-state index >= 15 is 0 Å². The van der Waals surface area contributed by atoms with E-state index in [0.717, 1.165) is 6.42 Å². The van der Waals surface area contributed by atoms with Crippen molar-refractivity contribution in [3.8, 4) is 0 Å². The molecule has 0 bridgehead atoms. The fourth-order valence-electron chi connectivity index (χ4n) is 0.548. The van der Waals surface area contributed by atoms with Crippen molar-refractivity contribution in [2.75, 3.05) is 13.2 Å². The van der Waals surface area contributed by atoms with Crippen LogP contribution in [0.1, 0.15) is 13.3 Å². The fraction of sp³-hybridized carbons (Fsp3) is 1.00. The molecule has 0 spiro atoms. The van der Waals surface area contributed by atoms with E-state index in [1.807, 2.05) is 12.3 Å². The normalized spacial score (nSPS) is 13.9. The van der Waals surface area contributed by atoms with Crippen molar-refractivity contribution in [1.82, 2.24) is 5.43 Å². The van der Waals surface area contributed by atoms with Crippen LogP contribution < -0.4 is 11.3 Å². The first-order valence-electron chi connectivity index (χ1n) is 3.54. The average Bonchev–Trinajstić information content (AvgIpc) is 1.97. The molecule has 0 aliphatic carbocycles. The van der Waals surface area contributed by atoms with E-state index in [2.05, 4.69) is 0 Å². The minimum atomic E-state index is -2.48. The third-order valence-electron chi connectivity index (χ3n) is 1.16. The molecule has 0 aliphatic heterocycles. The summed E-state index contributed by atoms with van der Waals surface area (Å²) in [5, 5.41) is 0. The van der Waals surface area contributed by atoms with Gasteiger partial charge in [0.05, 0.1) is 6.61 Å². The van der Waals surface area contributed by atoms with E-state index < -0.39 is 12.5 Å². The molecule has 0 radical (unpaired) electrons. The van der Waals surface area contributed by atoms with Gasteiger partial charge in [0, 0.05) is 6.61 Å². The van der Waals surface area contributed by atoms with Gasteiger partial charge in [-0.15, -0.1) is 0 Å². The van der Waals surface area contributed by atoms with E-state index in [4.69, 9.17) is 10.6 Å². The van der Waals surface area contributed by atoms with E-state index in [9.17, 15) is 8.78 Å². The molecule has 1 unspecified atom stereocenters. The Bertz CT molecular complexity index is 92.7. The van der Waals surface area contributed by atoms with Crippen molar-refractivity contribution in [3.63, 3.8) is 0 Å². The summed E-state index contributed by atoms with van der Waals surface area (Å²) in [5.74, 6) is 4.85. The molecule has 3 nitrogen and oxygen atoms in total. The Hall–Kier alpha value is -0.260. The fourth-order valence-corrected chi connectivity index (χ4v) is 0.548. The molecule has 0 aromatic rings. The van der Waals surface area contributed by atoms with Crippen LogP contribution in [0.2, 0.25) is 0 Å². The van der Waals surface area contributed by atoms with Crippen LogP contribution in [-0.4, -0.2) is 25.7 Å². The van der Waals surface area contributed by atoms with Gasteiger partial charge in [0.15, 0.2) is 0 Å². The van der Waals surface area contributed by atoms with Crippen LogP contribution in [0.5, 0.6) is 0 Å². The minimum absolute atomic E-state index is 0.0397. The second-order valence-electron chi connectivity index (χ2n) is 2.18. The number of ether oxygens (including phenoxy) is 1. The van der Waals surface area contributed by atoms with Crippen molar-refractivity contribution in [2.45, 2.75) is 25.8 Å². The lowest BCUT2D eigenvalue weighted by Crippen LogP contribution is -2.43. The highest BCUT2D eigenvalue weighted by molar-refractivity contribution is 4.64. The SMILES string of the molecule is CCCOCC(NN)C(F)F. The lowest BCUT2D eigenvalue weighted by Gasteiger charge is -2.14. The van der Waals surface area contributed by atoms with E-state index in [1.165, 1.54) is 0 Å². The maximum atomic E-state index is 11.9. The Morgan fingerprint density at radius 3 is 2.55 bits per heavy atom. The van der Waals surface area contributed by atoms with Crippen LogP contribution >= 0.6 is 0 Å². The lowest BCUT2D eigenvalue weighted by atomic mass is 10.3. The highest BCUT2D eigenvalue weighted by Crippen LogP contribution is 2.00. The molecule has 0 heterocycles. The topological polar surface area (TPSA) is 47.3 Å². The number of hydrazine groups is 1. The molecule has 0 aromatic carbocycles. The zero-order valence-electron chi connectivity index (χ0n) is 6.52. The first kappa shape index (κ1) is 10.7. The van der Waals surface area contributed by atoms with Crippen LogP contribution in [0.4, 0.5) is 8.78 Å². The van der Waals surface area contributed by atoms with Gasteiger partial charge in [0.25, 0.3) is 6.43 Å². The van der Waals surface area contributed by atoms with Gasteiger partial charge in [-0.2, -0.15) is 0 Å². The first-order chi connectivity index (χ1) is 5.22. The number of hydrogen-bond donors (Lipinski definition) is 2. The smallest absolute Gasteiger partial charge is 0.257 e. The predicted octanol–water partition coefficient (Wildman–Crippen LogP) is 0.510. The van der Waals surface area contributed by atoms with Crippen molar-refractivity contribution in [3.05, 3.63) is 0 Å². The molecular formula is C6H14F2N2O. The summed E-state index contributed by atoms with van der Waals surface area (Å²) in [6.07, 6.45) is -1.66. The third-order valence-corrected chi connectivity index (χ3v) is 1.16. The Labute approximate surface area is 64.9 Å². The predicted molar refractivity (Wildman–Crippen MR) is 38.2 cm³/mol. The standard InChI is InChI=1S/C6H14F2N2O/c1-2-3-11-4-5(10-9)6(7)8/h5-6,10H,2-4,9H2,1H3. The van der Waals surface area contributed by atoms with Crippen molar-refractivity contribution in [2.24, 2.45) is 5.84 Å². The zero-order chi connectivity index (χ0) is 8.69. The Kier molecular flexibility index (Phi) is 6.30. The Morgan fingerprint density at radius 1 is 1.55 bits per heavy atom. The van der Waals surface area contributed by atoms with Crippen LogP contribution in [0.25, 0.3) is 0 Å². The molecule has 0 rings (SSSR count). The summed E-state index contributed by atoms with van der Waals surface area (Å²) in [6.45, 7) is 2.36. The van der Waals surface area contributed by atoms with Gasteiger partial charge in [0.1, 0.15) is 6.04 Å². The summed E-state index contributed by atoms with van der Waals surface area (Å²) in [4.78, 5) is 0. The van der Waals surface area contributed by atoms with Gasteiger partial charge in [0.2, 0.25) is 0 Å². The number of alkyl halides is 2. The molecule has 1 atom stereocenters. The van der Waals surface area contributed by atoms with Gasteiger partial charge in [-0.05, 0) is 6.42 Å². The molecule has 0 aromatic heterocycles. The number of nitrogens with two attached hydrogens (primary N) is 1. The van der Waals surface area contributed by atoms with Crippen molar-refractivity contribution < 1.29 is 13.5 Å². The van der Waals surface area contributed by atoms with Gasteiger partial charge in [-0.3, -0.25) is 5.84 Å². The molecule has 0 saturated heterocycles. The summed E-state index contributed by atoms with van der Waals surface area (Å²) in [6, 6.07) is -1.05. The van der Waals surface area contributed by atoms with Gasteiger partial charge in [-0.1, -0.05) is 6.92 Å². The molecule has 5 heteroatoms. The minimum Gasteiger partial charge on any atom is -0.380 e. The molecule has 0 amide bonds. The highest BCUT2D eigenvalue weighted by Gasteiger charge is 2.17. The second-order valence-corrected chi connectivity index (χ2v) is 2.18. The summed E-state index contributed by atoms with van der Waals surface area (Å²) < 4.78 is 28.7. The van der Waals surface area contributed by atoms with Crippen molar-refractivity contribution in [1.29, 1.82) is 0 Å². The molecule has 0 saturated carbocycles. The number of nitrogens with one attached hydrogen (secondary N) is 1. The number of rotatable bonds is 6. The largest absolute Gasteiger partial charge is 0.380 e. The maximum Gasteiger partial charge on any atom is 0.257 e. The third kappa shape index (κ3) is 5.06. The van der Waals surface area contributed by atoms with Crippen LogP contribution in [0.3, 0.4) is 0 Å². The van der Waals surface area contributed by atoms with E-state index in [-0.39, 0.29) is 6.61 Å². The van der Waals surface area contributed by atoms with Gasteiger partial charge >= 0.3 is 0 Å². The van der Waals surface area contributed by atoms with E-state index in [1.54, 1.807) is 0 Å². The van der Waals surface area contributed by atoms with Gasteiger partial charge < -0.3 is 4.74 Å². The van der Waals surface area contributed by atoms with Crippen LogP contribution in [-0.2, 0) is 4.74 Å². The Balaban J connectivity index is 3.36. The van der Waals surface area contributed by atoms with Crippen LogP contribution in [0, 0.1) is 0 Å². The second kappa shape index (κ2) is 6.45.